The summed E-state index contributed by atoms with van der Waals surface area (Å²) < 4.78 is 2.03. The lowest BCUT2D eigenvalue weighted by molar-refractivity contribution is -0.128. The number of carbonyl (C=O) groups is 1. The van der Waals surface area contributed by atoms with Gasteiger partial charge >= 0.3 is 0 Å². The fourth-order valence-electron chi connectivity index (χ4n) is 2.72. The molecule has 0 unspecified atom stereocenters. The molecule has 8 heteroatoms. The van der Waals surface area contributed by atoms with E-state index in [-0.39, 0.29) is 23.3 Å². The summed E-state index contributed by atoms with van der Waals surface area (Å²) in [4.78, 5) is 30.3. The van der Waals surface area contributed by atoms with Crippen molar-refractivity contribution in [2.24, 2.45) is 7.05 Å². The van der Waals surface area contributed by atoms with Crippen LogP contribution in [0.5, 0.6) is 0 Å². The normalized spacial score (nSPS) is 18.3. The van der Waals surface area contributed by atoms with Crippen LogP contribution in [0.25, 0.3) is 0 Å². The van der Waals surface area contributed by atoms with Crippen LogP contribution in [0, 0.1) is 0 Å². The third-order valence-corrected chi connectivity index (χ3v) is 4.37. The van der Waals surface area contributed by atoms with Gasteiger partial charge in [0.25, 0.3) is 5.56 Å². The van der Waals surface area contributed by atoms with Gasteiger partial charge in [-0.1, -0.05) is 12.1 Å². The molecule has 3 rings (SSSR count). The van der Waals surface area contributed by atoms with E-state index in [1.165, 1.54) is 4.57 Å². The molecule has 2 heterocycles. The standard InChI is InChI=1S/C16H18BrN5O2/c1-21-8-7-18-15(23)13(21)10-3-5-11(6-4-10)19-14-16(24)22(2)9-12(17)20-14/h3-6,9,13H,7-8H2,1-2H3,(H,18,23)(H,19,20)/t13-/m1/s1. The minimum Gasteiger partial charge on any atom is -0.353 e. The Bertz CT molecular complexity index is 818. The van der Waals surface area contributed by atoms with Crippen molar-refractivity contribution in [1.82, 2.24) is 19.8 Å². The zero-order valence-electron chi connectivity index (χ0n) is 13.4. The van der Waals surface area contributed by atoms with Crippen LogP contribution < -0.4 is 16.2 Å². The molecule has 1 atom stereocenters. The quantitative estimate of drug-likeness (QED) is 0.826. The number of hydrogen-bond acceptors (Lipinski definition) is 5. The summed E-state index contributed by atoms with van der Waals surface area (Å²) in [6.07, 6.45) is 1.61. The zero-order valence-corrected chi connectivity index (χ0v) is 15.0. The van der Waals surface area contributed by atoms with Crippen molar-refractivity contribution < 1.29 is 4.79 Å². The average Bonchev–Trinajstić information content (AvgIpc) is 2.53. The van der Waals surface area contributed by atoms with Gasteiger partial charge in [-0.25, -0.2) is 4.98 Å². The summed E-state index contributed by atoms with van der Waals surface area (Å²) in [7, 11) is 3.60. The number of benzene rings is 1. The summed E-state index contributed by atoms with van der Waals surface area (Å²) in [6.45, 7) is 1.48. The maximum Gasteiger partial charge on any atom is 0.293 e. The minimum absolute atomic E-state index is 0.00647. The molecule has 2 aromatic rings. The van der Waals surface area contributed by atoms with Gasteiger partial charge in [0.1, 0.15) is 10.6 Å². The molecular formula is C16H18BrN5O2. The Balaban J connectivity index is 1.83. The van der Waals surface area contributed by atoms with Crippen molar-refractivity contribution in [2.75, 3.05) is 25.5 Å². The molecule has 0 bridgehead atoms. The molecule has 0 aliphatic carbocycles. The van der Waals surface area contributed by atoms with Crippen molar-refractivity contribution in [2.45, 2.75) is 6.04 Å². The second-order valence-electron chi connectivity index (χ2n) is 5.75. The Morgan fingerprint density at radius 1 is 1.25 bits per heavy atom. The molecule has 24 heavy (non-hydrogen) atoms. The van der Waals surface area contributed by atoms with E-state index in [4.69, 9.17) is 0 Å². The first-order chi connectivity index (χ1) is 11.5. The van der Waals surface area contributed by atoms with E-state index in [2.05, 4.69) is 31.5 Å². The highest BCUT2D eigenvalue weighted by Crippen LogP contribution is 2.24. The lowest BCUT2D eigenvalue weighted by Crippen LogP contribution is -2.48. The summed E-state index contributed by atoms with van der Waals surface area (Å²) in [6, 6.07) is 7.16. The molecule has 2 N–H and O–H groups in total. The minimum atomic E-state index is -0.287. The number of nitrogens with zero attached hydrogens (tertiary/aromatic N) is 3. The first-order valence-corrected chi connectivity index (χ1v) is 8.33. The monoisotopic (exact) mass is 391 g/mol. The lowest BCUT2D eigenvalue weighted by atomic mass is 10.0. The fourth-order valence-corrected chi connectivity index (χ4v) is 3.21. The fraction of sp³-hybridized carbons (Fsp3) is 0.312. The van der Waals surface area contributed by atoms with E-state index in [1.54, 1.807) is 13.2 Å². The summed E-state index contributed by atoms with van der Waals surface area (Å²) >= 11 is 3.28. The van der Waals surface area contributed by atoms with Crippen LogP contribution in [-0.2, 0) is 11.8 Å². The van der Waals surface area contributed by atoms with Crippen LogP contribution in [0.3, 0.4) is 0 Å². The molecule has 1 aliphatic heterocycles. The first-order valence-electron chi connectivity index (χ1n) is 7.54. The summed E-state index contributed by atoms with van der Waals surface area (Å²) in [5.74, 6) is 0.249. The molecule has 7 nitrogen and oxygen atoms in total. The largest absolute Gasteiger partial charge is 0.353 e. The van der Waals surface area contributed by atoms with Gasteiger partial charge in [-0.05, 0) is 40.7 Å². The number of rotatable bonds is 3. The van der Waals surface area contributed by atoms with Gasteiger partial charge in [0.05, 0.1) is 0 Å². The lowest BCUT2D eigenvalue weighted by Gasteiger charge is -2.32. The number of aromatic nitrogens is 2. The molecule has 1 aliphatic rings. The van der Waals surface area contributed by atoms with Crippen LogP contribution in [0.15, 0.2) is 39.9 Å². The Labute approximate surface area is 147 Å². The van der Waals surface area contributed by atoms with Crippen LogP contribution in [0.2, 0.25) is 0 Å². The molecule has 126 valence electrons. The molecule has 0 radical (unpaired) electrons. The smallest absolute Gasteiger partial charge is 0.293 e. The Morgan fingerprint density at radius 3 is 2.62 bits per heavy atom. The number of amides is 1. The number of piperazine rings is 1. The maximum atomic E-state index is 12.1. The summed E-state index contributed by atoms with van der Waals surface area (Å²) in [5.41, 5.74) is 1.43. The van der Waals surface area contributed by atoms with Gasteiger partial charge in [-0.15, -0.1) is 0 Å². The second-order valence-corrected chi connectivity index (χ2v) is 6.56. The third kappa shape index (κ3) is 3.34. The van der Waals surface area contributed by atoms with Gasteiger partial charge in [-0.3, -0.25) is 14.5 Å². The van der Waals surface area contributed by atoms with E-state index in [9.17, 15) is 9.59 Å². The molecule has 1 amide bonds. The highest BCUT2D eigenvalue weighted by molar-refractivity contribution is 9.10. The van der Waals surface area contributed by atoms with Crippen molar-refractivity contribution in [3.63, 3.8) is 0 Å². The number of likely N-dealkylation sites (N-methyl/N-ethyl adjacent to an activating group) is 1. The van der Waals surface area contributed by atoms with Gasteiger partial charge in [-0.2, -0.15) is 0 Å². The number of carbonyl (C=O) groups excluding carboxylic acids is 1. The number of aryl methyl sites for hydroxylation is 1. The Morgan fingerprint density at radius 2 is 1.96 bits per heavy atom. The molecule has 0 spiro atoms. The molecule has 1 saturated heterocycles. The van der Waals surface area contributed by atoms with E-state index in [0.717, 1.165) is 17.8 Å². The topological polar surface area (TPSA) is 79.3 Å². The Hall–Kier alpha value is -2.19. The van der Waals surface area contributed by atoms with Gasteiger partial charge < -0.3 is 15.2 Å². The van der Waals surface area contributed by atoms with Crippen LogP contribution in [0.1, 0.15) is 11.6 Å². The van der Waals surface area contributed by atoms with Crippen molar-refractivity contribution in [1.29, 1.82) is 0 Å². The van der Waals surface area contributed by atoms with Crippen LogP contribution in [-0.4, -0.2) is 40.5 Å². The second kappa shape index (κ2) is 6.74. The molecular weight excluding hydrogens is 374 g/mol. The molecule has 1 fully saturated rings. The zero-order chi connectivity index (χ0) is 17.3. The van der Waals surface area contributed by atoms with E-state index in [0.29, 0.717) is 11.1 Å². The number of anilines is 2. The van der Waals surface area contributed by atoms with Gasteiger partial charge in [0.2, 0.25) is 5.91 Å². The predicted octanol–water partition coefficient (Wildman–Crippen LogP) is 1.39. The van der Waals surface area contributed by atoms with Crippen molar-refractivity contribution >= 4 is 33.3 Å². The van der Waals surface area contributed by atoms with E-state index >= 15 is 0 Å². The van der Waals surface area contributed by atoms with Gasteiger partial charge in [0.15, 0.2) is 5.82 Å². The molecule has 1 aromatic heterocycles. The number of hydrogen-bond donors (Lipinski definition) is 2. The van der Waals surface area contributed by atoms with Crippen molar-refractivity contribution in [3.05, 3.63) is 51.0 Å². The number of nitrogens with one attached hydrogen (secondary N) is 2. The third-order valence-electron chi connectivity index (χ3n) is 3.98. The van der Waals surface area contributed by atoms with Crippen LogP contribution in [0.4, 0.5) is 11.5 Å². The summed E-state index contributed by atoms with van der Waals surface area (Å²) in [5, 5.41) is 5.90. The highest BCUT2D eigenvalue weighted by Gasteiger charge is 2.28. The average molecular weight is 392 g/mol. The molecule has 0 saturated carbocycles. The Kier molecular flexibility index (Phi) is 4.68. The van der Waals surface area contributed by atoms with Gasteiger partial charge in [0, 0.05) is 32.0 Å². The predicted molar refractivity (Wildman–Crippen MR) is 95.3 cm³/mol. The van der Waals surface area contributed by atoms with E-state index in [1.807, 2.05) is 36.2 Å². The van der Waals surface area contributed by atoms with Crippen molar-refractivity contribution in [3.8, 4) is 0 Å². The highest BCUT2D eigenvalue weighted by atomic mass is 79.9. The van der Waals surface area contributed by atoms with E-state index < -0.39 is 0 Å². The van der Waals surface area contributed by atoms with Crippen LogP contribution >= 0.6 is 15.9 Å². The molecule has 1 aromatic carbocycles. The number of halogens is 1. The SMILES string of the molecule is CN1CCNC(=O)[C@H]1c1ccc(Nc2nc(Br)cn(C)c2=O)cc1. The first kappa shape index (κ1) is 16.7. The maximum absolute atomic E-state index is 12.1.